The number of aromatic nitrogens is 2. The molecule has 0 saturated carbocycles. The number of hydrogen-bond acceptors (Lipinski definition) is 2. The third kappa shape index (κ3) is 5.53. The van der Waals surface area contributed by atoms with Crippen molar-refractivity contribution < 1.29 is 13.6 Å². The average Bonchev–Trinajstić information content (AvgIpc) is 3.76. The van der Waals surface area contributed by atoms with Gasteiger partial charge < -0.3 is 4.42 Å². The largest absolute Gasteiger partial charge is 0.455 e. The second-order valence-corrected chi connectivity index (χ2v) is 17.4. The van der Waals surface area contributed by atoms with E-state index in [2.05, 4.69) is 179 Å². The standard InChI is InChI=1S/C50H48N2OS/c1-9-42-37(35-15-10-11-16-36(35)43-22-17-30(2)28-52(42)43)20-18-33-19-21-38-39-25-34-23-24-54-46(34)27-45(39)53-49(38)48(33)44-26-40(41(29-51(44)8)50(5,6)7)47-31(3)13-12-14-32(47)4/h9-17,19,21-29,37,42H,1,18,20H2,2-8H3/q+2. The summed E-state index contributed by atoms with van der Waals surface area (Å²) in [6, 6.07) is 34.2. The average molecular weight is 725 g/mol. The van der Waals surface area contributed by atoms with Crippen molar-refractivity contribution >= 4 is 43.4 Å². The zero-order chi connectivity index (χ0) is 37.5. The van der Waals surface area contributed by atoms with Crippen LogP contribution in [-0.2, 0) is 18.9 Å². The van der Waals surface area contributed by atoms with Gasteiger partial charge in [0.15, 0.2) is 18.4 Å². The maximum atomic E-state index is 7.02. The highest BCUT2D eigenvalue weighted by Crippen LogP contribution is 2.45. The van der Waals surface area contributed by atoms with E-state index in [1.165, 1.54) is 82.5 Å². The SMILES string of the molecule is C=CC1C(CCc2ccc3c(oc4cc5sccc5cc43)c2-c2cc(-c3c(C)cccc3C)c(C(C)(C)C)c[n+]2C)c2ccccc2-c2ccc(C)c[n+]21. The number of fused-ring (bicyclic) bond motifs is 7. The van der Waals surface area contributed by atoms with Crippen LogP contribution >= 0.6 is 11.3 Å². The summed E-state index contributed by atoms with van der Waals surface area (Å²) >= 11 is 1.77. The van der Waals surface area contributed by atoms with Gasteiger partial charge in [-0.05, 0) is 120 Å². The Kier molecular flexibility index (Phi) is 8.24. The maximum absolute atomic E-state index is 7.02. The summed E-state index contributed by atoms with van der Waals surface area (Å²) in [6.45, 7) is 18.0. The third-order valence-electron chi connectivity index (χ3n) is 11.9. The molecule has 4 aromatic carbocycles. The van der Waals surface area contributed by atoms with Crippen LogP contribution in [0, 0.1) is 20.8 Å². The minimum Gasteiger partial charge on any atom is -0.455 e. The number of benzene rings is 4. The first-order chi connectivity index (χ1) is 26.0. The lowest BCUT2D eigenvalue weighted by atomic mass is 9.78. The Balaban J connectivity index is 1.27. The van der Waals surface area contributed by atoms with Crippen LogP contribution in [-0.4, -0.2) is 0 Å². The maximum Gasteiger partial charge on any atom is 0.216 e. The van der Waals surface area contributed by atoms with Crippen LogP contribution < -0.4 is 9.13 Å². The van der Waals surface area contributed by atoms with Crippen molar-refractivity contribution in [3.8, 4) is 33.6 Å². The first-order valence-corrected chi connectivity index (χ1v) is 20.1. The van der Waals surface area contributed by atoms with Gasteiger partial charge in [-0.15, -0.1) is 11.3 Å². The fraction of sp³-hybridized carbons (Fsp3) is 0.240. The molecular formula is C50H48N2OS+2. The first kappa shape index (κ1) is 34.4. The second-order valence-electron chi connectivity index (χ2n) is 16.5. The highest BCUT2D eigenvalue weighted by atomic mass is 32.1. The number of rotatable bonds is 6. The molecule has 0 radical (unpaired) electrons. The summed E-state index contributed by atoms with van der Waals surface area (Å²) < 4.78 is 13.1. The number of hydrogen-bond donors (Lipinski definition) is 0. The molecule has 9 rings (SSSR count). The quantitative estimate of drug-likeness (QED) is 0.124. The monoisotopic (exact) mass is 724 g/mol. The van der Waals surface area contributed by atoms with Crippen molar-refractivity contribution in [2.24, 2.45) is 7.05 Å². The van der Waals surface area contributed by atoms with Crippen LogP contribution in [0.1, 0.15) is 72.5 Å². The Labute approximate surface area is 322 Å². The molecule has 0 amide bonds. The lowest BCUT2D eigenvalue weighted by Crippen LogP contribution is -2.46. The number of nitrogens with zero attached hydrogens (tertiary/aromatic N) is 2. The van der Waals surface area contributed by atoms with E-state index < -0.39 is 0 Å². The number of allylic oxidation sites excluding steroid dienone is 1. The normalized spacial score (nSPS) is 15.5. The van der Waals surface area contributed by atoms with Gasteiger partial charge in [0.05, 0.1) is 11.5 Å². The molecule has 54 heavy (non-hydrogen) atoms. The highest BCUT2D eigenvalue weighted by molar-refractivity contribution is 7.17. The van der Waals surface area contributed by atoms with Crippen molar-refractivity contribution in [3.63, 3.8) is 0 Å². The van der Waals surface area contributed by atoms with Crippen molar-refractivity contribution in [1.82, 2.24) is 0 Å². The molecule has 8 aromatic rings. The first-order valence-electron chi connectivity index (χ1n) is 19.2. The van der Waals surface area contributed by atoms with Crippen molar-refractivity contribution in [2.75, 3.05) is 0 Å². The van der Waals surface area contributed by atoms with E-state index in [0.29, 0.717) is 0 Å². The van der Waals surface area contributed by atoms with Crippen LogP contribution in [0.5, 0.6) is 0 Å². The molecule has 5 heterocycles. The molecule has 0 N–H and O–H groups in total. The van der Waals surface area contributed by atoms with Gasteiger partial charge >= 0.3 is 0 Å². The van der Waals surface area contributed by atoms with Crippen LogP contribution in [0.25, 0.3) is 65.7 Å². The Morgan fingerprint density at radius 3 is 2.37 bits per heavy atom. The highest BCUT2D eigenvalue weighted by Gasteiger charge is 2.38. The zero-order valence-corrected chi connectivity index (χ0v) is 33.3. The van der Waals surface area contributed by atoms with Crippen molar-refractivity contribution in [1.29, 1.82) is 0 Å². The van der Waals surface area contributed by atoms with E-state index in [0.717, 1.165) is 29.4 Å². The summed E-state index contributed by atoms with van der Waals surface area (Å²) in [5, 5.41) is 5.76. The molecule has 3 nitrogen and oxygen atoms in total. The van der Waals surface area contributed by atoms with Gasteiger partial charge in [0.2, 0.25) is 11.4 Å². The van der Waals surface area contributed by atoms with E-state index in [1.807, 2.05) is 0 Å². The molecule has 1 aliphatic heterocycles. The zero-order valence-electron chi connectivity index (χ0n) is 32.5. The Morgan fingerprint density at radius 1 is 0.796 bits per heavy atom. The lowest BCUT2D eigenvalue weighted by Gasteiger charge is -2.29. The molecular weight excluding hydrogens is 677 g/mol. The van der Waals surface area contributed by atoms with E-state index in [1.54, 1.807) is 11.3 Å². The van der Waals surface area contributed by atoms with E-state index in [4.69, 9.17) is 4.42 Å². The molecule has 0 bridgehead atoms. The van der Waals surface area contributed by atoms with Crippen LogP contribution in [0.4, 0.5) is 0 Å². The van der Waals surface area contributed by atoms with Crippen LogP contribution in [0.15, 0.2) is 126 Å². The van der Waals surface area contributed by atoms with Gasteiger partial charge in [-0.3, -0.25) is 0 Å². The molecule has 0 saturated heterocycles. The van der Waals surface area contributed by atoms with E-state index >= 15 is 0 Å². The lowest BCUT2D eigenvalue weighted by molar-refractivity contribution is -0.707. The summed E-state index contributed by atoms with van der Waals surface area (Å²) in [4.78, 5) is 0. The van der Waals surface area contributed by atoms with E-state index in [9.17, 15) is 0 Å². The molecule has 2 unspecified atom stereocenters. The topological polar surface area (TPSA) is 20.9 Å². The van der Waals surface area contributed by atoms with Gasteiger partial charge in [-0.1, -0.05) is 75.9 Å². The Morgan fingerprint density at radius 2 is 1.59 bits per heavy atom. The van der Waals surface area contributed by atoms with Gasteiger partial charge in [0.1, 0.15) is 18.2 Å². The van der Waals surface area contributed by atoms with Gasteiger partial charge in [-0.25, -0.2) is 4.57 Å². The number of thiophene rings is 1. The Hall–Kier alpha value is -5.32. The van der Waals surface area contributed by atoms with Crippen LogP contribution in [0.2, 0.25) is 0 Å². The summed E-state index contributed by atoms with van der Waals surface area (Å²) in [5.41, 5.74) is 17.3. The van der Waals surface area contributed by atoms with Crippen molar-refractivity contribution in [3.05, 3.63) is 155 Å². The molecule has 2 atom stereocenters. The molecule has 268 valence electrons. The van der Waals surface area contributed by atoms with Crippen LogP contribution in [0.3, 0.4) is 0 Å². The molecule has 1 aliphatic rings. The predicted octanol–water partition coefficient (Wildman–Crippen LogP) is 12.6. The summed E-state index contributed by atoms with van der Waals surface area (Å²) in [6.07, 6.45) is 8.69. The van der Waals surface area contributed by atoms with Gasteiger partial charge in [-0.2, -0.15) is 4.57 Å². The smallest absolute Gasteiger partial charge is 0.216 e. The minimum absolute atomic E-state index is 0.0549. The fourth-order valence-corrected chi connectivity index (χ4v) is 10.0. The van der Waals surface area contributed by atoms with E-state index in [-0.39, 0.29) is 17.4 Å². The fourth-order valence-electron chi connectivity index (χ4n) is 9.22. The minimum atomic E-state index is -0.0549. The number of furan rings is 1. The van der Waals surface area contributed by atoms with Crippen molar-refractivity contribution in [2.45, 2.75) is 71.8 Å². The van der Waals surface area contributed by atoms with Gasteiger partial charge in [0, 0.05) is 44.3 Å². The molecule has 4 aromatic heterocycles. The molecule has 0 spiro atoms. The summed E-state index contributed by atoms with van der Waals surface area (Å²) in [5.74, 6) is 0.270. The molecule has 0 aliphatic carbocycles. The van der Waals surface area contributed by atoms with Gasteiger partial charge in [0.25, 0.3) is 0 Å². The predicted molar refractivity (Wildman–Crippen MR) is 226 cm³/mol. The number of aryl methyl sites for hydroxylation is 5. The third-order valence-corrected chi connectivity index (χ3v) is 12.7. The summed E-state index contributed by atoms with van der Waals surface area (Å²) in [7, 11) is 2.21. The molecule has 4 heteroatoms. The number of pyridine rings is 2. The molecule has 0 fully saturated rings. The second kappa shape index (κ2) is 12.9. The Bertz CT molecular complexity index is 2770.